The van der Waals surface area contributed by atoms with Crippen molar-refractivity contribution in [3.8, 4) is 0 Å². The van der Waals surface area contributed by atoms with Crippen LogP contribution in [0.1, 0.15) is 32.6 Å². The maximum absolute atomic E-state index is 11.5. The van der Waals surface area contributed by atoms with Crippen LogP contribution in [0.4, 0.5) is 0 Å². The first-order valence-electron chi connectivity index (χ1n) is 5.89. The average molecular weight is 239 g/mol. The highest BCUT2D eigenvalue weighted by Gasteiger charge is 2.09. The second-order valence-electron chi connectivity index (χ2n) is 4.23. The maximum atomic E-state index is 11.5. The molecule has 0 aliphatic carbocycles. The van der Waals surface area contributed by atoms with E-state index in [1.54, 1.807) is 11.9 Å². The Morgan fingerprint density at radius 2 is 2.29 bits per heavy atom. The molecule has 17 heavy (non-hydrogen) atoms. The molecule has 96 valence electrons. The summed E-state index contributed by atoms with van der Waals surface area (Å²) < 4.78 is 1.85. The van der Waals surface area contributed by atoms with Gasteiger partial charge in [-0.15, -0.1) is 0 Å². The number of nitrogens with zero attached hydrogens (tertiary/aromatic N) is 4. The molecule has 6 nitrogen and oxygen atoms in total. The second-order valence-corrected chi connectivity index (χ2v) is 4.23. The van der Waals surface area contributed by atoms with Crippen molar-refractivity contribution in [3.05, 3.63) is 12.2 Å². The van der Waals surface area contributed by atoms with E-state index in [9.17, 15) is 4.79 Å². The van der Waals surface area contributed by atoms with Crippen molar-refractivity contribution in [2.45, 2.75) is 33.4 Å². The molecule has 0 spiro atoms. The first-order valence-corrected chi connectivity index (χ1v) is 5.89. The van der Waals surface area contributed by atoms with Gasteiger partial charge in [-0.05, 0) is 20.8 Å². The zero-order chi connectivity index (χ0) is 12.8. The van der Waals surface area contributed by atoms with E-state index < -0.39 is 0 Å². The topological polar surface area (TPSA) is 63.1 Å². The van der Waals surface area contributed by atoms with Crippen LogP contribution in [0.3, 0.4) is 0 Å². The van der Waals surface area contributed by atoms with Crippen LogP contribution in [0.5, 0.6) is 0 Å². The molecule has 0 radical (unpaired) electrons. The number of likely N-dealkylation sites (N-methyl/N-ethyl adjacent to an activating group) is 1. The van der Waals surface area contributed by atoms with E-state index in [0.717, 1.165) is 12.4 Å². The van der Waals surface area contributed by atoms with Gasteiger partial charge in [0.2, 0.25) is 5.91 Å². The molecule has 0 atom stereocenters. The molecule has 1 heterocycles. The van der Waals surface area contributed by atoms with E-state index >= 15 is 0 Å². The number of aromatic nitrogens is 3. The molecule has 0 saturated carbocycles. The van der Waals surface area contributed by atoms with E-state index in [4.69, 9.17) is 0 Å². The third-order valence-corrected chi connectivity index (χ3v) is 2.60. The van der Waals surface area contributed by atoms with Crippen molar-refractivity contribution < 1.29 is 4.79 Å². The fourth-order valence-corrected chi connectivity index (χ4v) is 1.42. The molecule has 0 saturated heterocycles. The number of hydrogen-bond acceptors (Lipinski definition) is 4. The number of carbonyl (C=O) groups excluding carboxylic acids is 1. The largest absolute Gasteiger partial charge is 0.345 e. The molecule has 0 aliphatic rings. The third-order valence-electron chi connectivity index (χ3n) is 2.60. The summed E-state index contributed by atoms with van der Waals surface area (Å²) in [5.41, 5.74) is 0. The zero-order valence-corrected chi connectivity index (χ0v) is 11.0. The van der Waals surface area contributed by atoms with Gasteiger partial charge < -0.3 is 10.2 Å². The molecule has 1 N–H and O–H groups in total. The SMILES string of the molecule is CCN(C)C(=O)CNCc1ncnn1C(C)C. The Balaban J connectivity index is 2.41. The van der Waals surface area contributed by atoms with Crippen LogP contribution in [0.25, 0.3) is 0 Å². The molecule has 0 fully saturated rings. The van der Waals surface area contributed by atoms with E-state index in [0.29, 0.717) is 13.1 Å². The molecular formula is C11H21N5O. The van der Waals surface area contributed by atoms with Crippen LogP contribution in [-0.2, 0) is 11.3 Å². The standard InChI is InChI=1S/C11H21N5O/c1-5-15(4)11(17)7-12-6-10-13-8-14-16(10)9(2)3/h8-9,12H,5-7H2,1-4H3. The summed E-state index contributed by atoms with van der Waals surface area (Å²) in [4.78, 5) is 17.4. The maximum Gasteiger partial charge on any atom is 0.236 e. The normalized spacial score (nSPS) is 10.9. The first-order chi connectivity index (χ1) is 8.06. The van der Waals surface area contributed by atoms with Gasteiger partial charge in [-0.3, -0.25) is 4.79 Å². The average Bonchev–Trinajstić information content (AvgIpc) is 2.76. The summed E-state index contributed by atoms with van der Waals surface area (Å²) in [7, 11) is 1.79. The molecule has 6 heteroatoms. The minimum atomic E-state index is 0.0862. The van der Waals surface area contributed by atoms with E-state index in [1.807, 2.05) is 25.5 Å². The van der Waals surface area contributed by atoms with Crippen LogP contribution in [0.15, 0.2) is 6.33 Å². The lowest BCUT2D eigenvalue weighted by Crippen LogP contribution is -2.35. The van der Waals surface area contributed by atoms with Crippen molar-refractivity contribution in [3.63, 3.8) is 0 Å². The van der Waals surface area contributed by atoms with Crippen molar-refractivity contribution in [2.24, 2.45) is 0 Å². The minimum absolute atomic E-state index is 0.0862. The lowest BCUT2D eigenvalue weighted by molar-refractivity contribution is -0.128. The fourth-order valence-electron chi connectivity index (χ4n) is 1.42. The second kappa shape index (κ2) is 6.34. The van der Waals surface area contributed by atoms with Gasteiger partial charge in [-0.25, -0.2) is 9.67 Å². The van der Waals surface area contributed by atoms with Gasteiger partial charge >= 0.3 is 0 Å². The Morgan fingerprint density at radius 1 is 1.59 bits per heavy atom. The predicted molar refractivity (Wildman–Crippen MR) is 65.4 cm³/mol. The van der Waals surface area contributed by atoms with Gasteiger partial charge in [0.05, 0.1) is 13.1 Å². The van der Waals surface area contributed by atoms with E-state index in [2.05, 4.69) is 15.4 Å². The van der Waals surface area contributed by atoms with Crippen LogP contribution in [0, 0.1) is 0 Å². The van der Waals surface area contributed by atoms with E-state index in [1.165, 1.54) is 6.33 Å². The monoisotopic (exact) mass is 239 g/mol. The smallest absolute Gasteiger partial charge is 0.236 e. The zero-order valence-electron chi connectivity index (χ0n) is 11.0. The Labute approximate surface area is 102 Å². The Bertz CT molecular complexity index is 360. The molecule has 1 rings (SSSR count). The number of nitrogens with one attached hydrogen (secondary N) is 1. The third kappa shape index (κ3) is 3.81. The summed E-state index contributed by atoms with van der Waals surface area (Å²) >= 11 is 0. The molecule has 0 unspecified atom stereocenters. The highest BCUT2D eigenvalue weighted by Crippen LogP contribution is 2.04. The van der Waals surface area contributed by atoms with Gasteiger partial charge in [-0.2, -0.15) is 5.10 Å². The minimum Gasteiger partial charge on any atom is -0.345 e. The summed E-state index contributed by atoms with van der Waals surface area (Å²) in [5.74, 6) is 0.940. The predicted octanol–water partition coefficient (Wildman–Crippen LogP) is 0.427. The lowest BCUT2D eigenvalue weighted by Gasteiger charge is -2.15. The number of amides is 1. The summed E-state index contributed by atoms with van der Waals surface area (Å²) in [6, 6.07) is 0.281. The quantitative estimate of drug-likeness (QED) is 0.782. The van der Waals surface area contributed by atoms with Gasteiger partial charge in [0.25, 0.3) is 0 Å². The van der Waals surface area contributed by atoms with Crippen LogP contribution in [0.2, 0.25) is 0 Å². The van der Waals surface area contributed by atoms with Crippen molar-refractivity contribution >= 4 is 5.91 Å². The van der Waals surface area contributed by atoms with Crippen molar-refractivity contribution in [1.29, 1.82) is 0 Å². The molecule has 0 aliphatic heterocycles. The van der Waals surface area contributed by atoms with Crippen LogP contribution in [-0.4, -0.2) is 45.7 Å². The summed E-state index contributed by atoms with van der Waals surface area (Å²) in [6.07, 6.45) is 1.54. The molecule has 0 bridgehead atoms. The first kappa shape index (κ1) is 13.6. The number of carbonyl (C=O) groups is 1. The molecule has 1 amide bonds. The Kier molecular flexibility index (Phi) is 5.09. The summed E-state index contributed by atoms with van der Waals surface area (Å²) in [6.45, 7) is 7.66. The van der Waals surface area contributed by atoms with Gasteiger partial charge in [0.15, 0.2) is 0 Å². The van der Waals surface area contributed by atoms with Crippen LogP contribution >= 0.6 is 0 Å². The Morgan fingerprint density at radius 3 is 2.88 bits per heavy atom. The van der Waals surface area contributed by atoms with Crippen molar-refractivity contribution in [1.82, 2.24) is 25.0 Å². The molecule has 1 aromatic rings. The molecule has 1 aromatic heterocycles. The molecule has 0 aromatic carbocycles. The highest BCUT2D eigenvalue weighted by molar-refractivity contribution is 5.77. The lowest BCUT2D eigenvalue weighted by atomic mass is 10.4. The van der Waals surface area contributed by atoms with Crippen LogP contribution < -0.4 is 5.32 Å². The van der Waals surface area contributed by atoms with Gasteiger partial charge in [0.1, 0.15) is 12.2 Å². The molecular weight excluding hydrogens is 218 g/mol. The highest BCUT2D eigenvalue weighted by atomic mass is 16.2. The summed E-state index contributed by atoms with van der Waals surface area (Å²) in [5, 5.41) is 7.22. The van der Waals surface area contributed by atoms with Gasteiger partial charge in [0, 0.05) is 19.6 Å². The number of rotatable bonds is 6. The Hall–Kier alpha value is -1.43. The fraction of sp³-hybridized carbons (Fsp3) is 0.727. The van der Waals surface area contributed by atoms with Crippen molar-refractivity contribution in [2.75, 3.05) is 20.1 Å². The number of hydrogen-bond donors (Lipinski definition) is 1. The van der Waals surface area contributed by atoms with Gasteiger partial charge in [-0.1, -0.05) is 0 Å². The van der Waals surface area contributed by atoms with E-state index in [-0.39, 0.29) is 11.9 Å².